The first kappa shape index (κ1) is 13.0. The summed E-state index contributed by atoms with van der Waals surface area (Å²) in [5, 5.41) is 0. The summed E-state index contributed by atoms with van der Waals surface area (Å²) in [6.07, 6.45) is 3.80. The van der Waals surface area contributed by atoms with Crippen LogP contribution in [0.25, 0.3) is 11.8 Å². The summed E-state index contributed by atoms with van der Waals surface area (Å²) >= 11 is 0. The molecule has 1 aliphatic carbocycles. The zero-order valence-corrected chi connectivity index (χ0v) is 12.0. The predicted octanol–water partition coefficient (Wildman–Crippen LogP) is 1.99. The van der Waals surface area contributed by atoms with Gasteiger partial charge in [0.2, 0.25) is 0 Å². The highest BCUT2D eigenvalue weighted by Gasteiger charge is 2.21. The van der Waals surface area contributed by atoms with E-state index in [4.69, 9.17) is 4.74 Å². The summed E-state index contributed by atoms with van der Waals surface area (Å²) in [5.74, 6) is 1.76. The first-order valence-electron chi connectivity index (χ1n) is 7.06. The molecule has 0 amide bonds. The van der Waals surface area contributed by atoms with E-state index in [0.29, 0.717) is 0 Å². The maximum absolute atomic E-state index is 5.36. The third-order valence-electron chi connectivity index (χ3n) is 3.94. The molecule has 0 N–H and O–H groups in total. The zero-order valence-electron chi connectivity index (χ0n) is 12.0. The SMILES string of the molecule is CCN1CCN(c2nccc3c2C=C=C=C3OC)CC1. The van der Waals surface area contributed by atoms with Gasteiger partial charge < -0.3 is 14.5 Å². The van der Waals surface area contributed by atoms with Gasteiger partial charge in [0, 0.05) is 49.6 Å². The Bertz CT molecular complexity index is 602. The molecule has 1 aromatic heterocycles. The number of aromatic nitrogens is 1. The van der Waals surface area contributed by atoms with Crippen LogP contribution >= 0.6 is 0 Å². The Balaban J connectivity index is 1.91. The standard InChI is InChI=1S/C16H19N3O/c1-3-18-9-11-19(12-10-18)16-14-5-4-6-15(20-2)13(14)7-8-17-16/h5,7-8H,3,9-12H2,1-2H3. The van der Waals surface area contributed by atoms with Gasteiger partial charge >= 0.3 is 0 Å². The summed E-state index contributed by atoms with van der Waals surface area (Å²) < 4.78 is 5.36. The summed E-state index contributed by atoms with van der Waals surface area (Å²) in [7, 11) is 1.67. The molecule has 4 nitrogen and oxygen atoms in total. The van der Waals surface area contributed by atoms with E-state index in [9.17, 15) is 0 Å². The predicted molar refractivity (Wildman–Crippen MR) is 80.5 cm³/mol. The van der Waals surface area contributed by atoms with Crippen LogP contribution in [0.1, 0.15) is 18.1 Å². The Hall–Kier alpha value is -1.99. The number of hydrogen-bond donors (Lipinski definition) is 0. The minimum atomic E-state index is 0.735. The molecular formula is C16H19N3O. The van der Waals surface area contributed by atoms with Crippen LogP contribution in [0.5, 0.6) is 0 Å². The Morgan fingerprint density at radius 1 is 1.30 bits per heavy atom. The molecule has 0 atom stereocenters. The minimum Gasteiger partial charge on any atom is -0.488 e. The largest absolute Gasteiger partial charge is 0.488 e. The van der Waals surface area contributed by atoms with Crippen molar-refractivity contribution in [2.45, 2.75) is 6.92 Å². The third kappa shape index (κ3) is 2.25. The second kappa shape index (κ2) is 5.56. The summed E-state index contributed by atoms with van der Waals surface area (Å²) in [6.45, 7) is 7.54. The number of methoxy groups -OCH3 is 1. The van der Waals surface area contributed by atoms with Crippen LogP contribution in [0.2, 0.25) is 0 Å². The molecule has 4 heteroatoms. The van der Waals surface area contributed by atoms with Crippen molar-refractivity contribution in [3.05, 3.63) is 34.9 Å². The molecule has 1 aliphatic heterocycles. The second-order valence-electron chi connectivity index (χ2n) is 4.96. The molecule has 0 unspecified atom stereocenters. The number of anilines is 1. The lowest BCUT2D eigenvalue weighted by atomic mass is 10.0. The van der Waals surface area contributed by atoms with E-state index in [0.717, 1.165) is 55.4 Å². The highest BCUT2D eigenvalue weighted by molar-refractivity contribution is 5.79. The summed E-state index contributed by atoms with van der Waals surface area (Å²) in [4.78, 5) is 9.38. The molecule has 104 valence electrons. The molecule has 0 radical (unpaired) electrons. The van der Waals surface area contributed by atoms with E-state index in [2.05, 4.69) is 33.2 Å². The maximum Gasteiger partial charge on any atom is 0.177 e. The molecular weight excluding hydrogens is 250 g/mol. The molecule has 1 fully saturated rings. The van der Waals surface area contributed by atoms with Gasteiger partial charge in [-0.15, -0.1) is 0 Å². The molecule has 1 saturated heterocycles. The molecule has 0 spiro atoms. The smallest absolute Gasteiger partial charge is 0.177 e. The van der Waals surface area contributed by atoms with Crippen LogP contribution in [0.15, 0.2) is 23.7 Å². The fourth-order valence-corrected chi connectivity index (χ4v) is 2.73. The lowest BCUT2D eigenvalue weighted by molar-refractivity contribution is 0.270. The molecule has 0 aromatic carbocycles. The van der Waals surface area contributed by atoms with Crippen molar-refractivity contribution in [3.63, 3.8) is 0 Å². The number of pyridine rings is 1. The number of likely N-dealkylation sites (N-methyl/N-ethyl adjacent to an activating group) is 1. The van der Waals surface area contributed by atoms with Crippen LogP contribution in [0.4, 0.5) is 5.82 Å². The quantitative estimate of drug-likeness (QED) is 0.785. The number of rotatable bonds is 3. The van der Waals surface area contributed by atoms with E-state index >= 15 is 0 Å². The van der Waals surface area contributed by atoms with Crippen molar-refractivity contribution in [2.24, 2.45) is 0 Å². The number of fused-ring (bicyclic) bond motifs is 1. The van der Waals surface area contributed by atoms with Crippen molar-refractivity contribution in [2.75, 3.05) is 44.7 Å². The fourth-order valence-electron chi connectivity index (χ4n) is 2.73. The van der Waals surface area contributed by atoms with E-state index in [-0.39, 0.29) is 0 Å². The minimum absolute atomic E-state index is 0.735. The van der Waals surface area contributed by atoms with Crippen LogP contribution < -0.4 is 4.90 Å². The average Bonchev–Trinajstić information content (AvgIpc) is 2.54. The average molecular weight is 269 g/mol. The Morgan fingerprint density at radius 2 is 2.10 bits per heavy atom. The van der Waals surface area contributed by atoms with Crippen LogP contribution in [-0.4, -0.2) is 49.7 Å². The van der Waals surface area contributed by atoms with Crippen molar-refractivity contribution in [3.8, 4) is 0 Å². The first-order valence-corrected chi connectivity index (χ1v) is 7.06. The highest BCUT2D eigenvalue weighted by atomic mass is 16.5. The molecule has 3 rings (SSSR count). The Morgan fingerprint density at radius 3 is 2.80 bits per heavy atom. The van der Waals surface area contributed by atoms with Crippen LogP contribution in [-0.2, 0) is 4.74 Å². The molecule has 0 saturated carbocycles. The molecule has 20 heavy (non-hydrogen) atoms. The molecule has 2 aliphatic rings. The monoisotopic (exact) mass is 269 g/mol. The lowest BCUT2D eigenvalue weighted by Gasteiger charge is -2.35. The van der Waals surface area contributed by atoms with Crippen LogP contribution in [0, 0.1) is 0 Å². The normalized spacial score (nSPS) is 17.9. The third-order valence-corrected chi connectivity index (χ3v) is 3.94. The molecule has 0 bridgehead atoms. The van der Waals surface area contributed by atoms with Gasteiger partial charge in [-0.3, -0.25) is 0 Å². The van der Waals surface area contributed by atoms with Crippen LogP contribution in [0.3, 0.4) is 0 Å². The Kier molecular flexibility index (Phi) is 3.62. The topological polar surface area (TPSA) is 28.6 Å². The van der Waals surface area contributed by atoms with Gasteiger partial charge in [0.1, 0.15) is 5.82 Å². The van der Waals surface area contributed by atoms with E-state index in [1.54, 1.807) is 7.11 Å². The van der Waals surface area contributed by atoms with Gasteiger partial charge in [-0.25, -0.2) is 4.98 Å². The number of nitrogens with zero attached hydrogens (tertiary/aromatic N) is 3. The van der Waals surface area contributed by atoms with Gasteiger partial charge in [0.25, 0.3) is 0 Å². The van der Waals surface area contributed by atoms with E-state index in [1.807, 2.05) is 18.3 Å². The molecule has 1 aromatic rings. The lowest BCUT2D eigenvalue weighted by Crippen LogP contribution is -2.46. The van der Waals surface area contributed by atoms with E-state index in [1.165, 1.54) is 0 Å². The van der Waals surface area contributed by atoms with Crippen molar-refractivity contribution < 1.29 is 4.74 Å². The van der Waals surface area contributed by atoms with Gasteiger partial charge in [-0.05, 0) is 18.3 Å². The maximum atomic E-state index is 5.36. The zero-order chi connectivity index (χ0) is 13.9. The number of hydrogen-bond acceptors (Lipinski definition) is 4. The first-order chi connectivity index (χ1) is 9.83. The second-order valence-corrected chi connectivity index (χ2v) is 4.96. The highest BCUT2D eigenvalue weighted by Crippen LogP contribution is 2.29. The van der Waals surface area contributed by atoms with E-state index < -0.39 is 0 Å². The molecule has 2 heterocycles. The summed E-state index contributed by atoms with van der Waals surface area (Å²) in [6, 6.07) is 1.98. The van der Waals surface area contributed by atoms with Gasteiger partial charge in [0.05, 0.1) is 7.11 Å². The summed E-state index contributed by atoms with van der Waals surface area (Å²) in [5.41, 5.74) is 8.17. The van der Waals surface area contributed by atoms with Crippen molar-refractivity contribution in [1.29, 1.82) is 0 Å². The Labute approximate surface area is 119 Å². The van der Waals surface area contributed by atoms with Gasteiger partial charge in [-0.1, -0.05) is 12.7 Å². The fraction of sp³-hybridized carbons (Fsp3) is 0.438. The number of ether oxygens (including phenoxy) is 1. The van der Waals surface area contributed by atoms with Gasteiger partial charge in [0.15, 0.2) is 5.76 Å². The van der Waals surface area contributed by atoms with Gasteiger partial charge in [-0.2, -0.15) is 0 Å². The van der Waals surface area contributed by atoms with Crippen molar-refractivity contribution in [1.82, 2.24) is 9.88 Å². The number of piperazine rings is 1. The van der Waals surface area contributed by atoms with Crippen molar-refractivity contribution >= 4 is 17.7 Å².